The van der Waals surface area contributed by atoms with E-state index >= 15 is 0 Å². The minimum absolute atomic E-state index is 0.293. The third kappa shape index (κ3) is 6.24. The van der Waals surface area contributed by atoms with E-state index in [0.29, 0.717) is 29.4 Å². The van der Waals surface area contributed by atoms with E-state index in [2.05, 4.69) is 10.6 Å². The van der Waals surface area contributed by atoms with E-state index in [0.717, 1.165) is 0 Å². The van der Waals surface area contributed by atoms with Crippen LogP contribution in [0.15, 0.2) is 48.5 Å². The number of ether oxygens (including phenoxy) is 3. The van der Waals surface area contributed by atoms with Crippen molar-refractivity contribution in [3.63, 3.8) is 0 Å². The quantitative estimate of drug-likeness (QED) is 0.627. The molecule has 1 atom stereocenters. The van der Waals surface area contributed by atoms with Gasteiger partial charge < -0.3 is 24.8 Å². The zero-order valence-corrected chi connectivity index (χ0v) is 16.6. The Morgan fingerprint density at radius 2 is 1.66 bits per heavy atom. The van der Waals surface area contributed by atoms with Gasteiger partial charge in [0.25, 0.3) is 11.8 Å². The molecule has 0 fully saturated rings. The Bertz CT molecular complexity index is 868. The summed E-state index contributed by atoms with van der Waals surface area (Å²) in [4.78, 5) is 36.5. The second-order valence-electron chi connectivity index (χ2n) is 5.93. The van der Waals surface area contributed by atoms with E-state index in [1.54, 1.807) is 48.5 Å². The van der Waals surface area contributed by atoms with Gasteiger partial charge in [-0.1, -0.05) is 24.3 Å². The first-order chi connectivity index (χ1) is 14.0. The molecular formula is C21H24N2O6. The summed E-state index contributed by atoms with van der Waals surface area (Å²) in [5.41, 5.74) is 0.771. The Morgan fingerprint density at radius 3 is 2.34 bits per heavy atom. The number of carbonyl (C=O) groups excluding carboxylic acids is 3. The molecule has 8 heteroatoms. The second-order valence-corrected chi connectivity index (χ2v) is 5.93. The zero-order chi connectivity index (χ0) is 21.2. The summed E-state index contributed by atoms with van der Waals surface area (Å²) in [7, 11) is 1.45. The Balaban J connectivity index is 1.87. The molecule has 2 rings (SSSR count). The molecule has 0 saturated heterocycles. The summed E-state index contributed by atoms with van der Waals surface area (Å²) in [5.74, 6) is -0.831. The first kappa shape index (κ1) is 21.7. The van der Waals surface area contributed by atoms with E-state index in [4.69, 9.17) is 14.2 Å². The maximum atomic E-state index is 12.3. The lowest BCUT2D eigenvalue weighted by molar-refractivity contribution is -0.152. The topological polar surface area (TPSA) is 103 Å². The molecule has 2 aromatic carbocycles. The van der Waals surface area contributed by atoms with Crippen LogP contribution >= 0.6 is 0 Å². The van der Waals surface area contributed by atoms with Crippen molar-refractivity contribution in [2.45, 2.75) is 20.0 Å². The molecule has 0 aliphatic heterocycles. The molecule has 8 nitrogen and oxygen atoms in total. The lowest BCUT2D eigenvalue weighted by Crippen LogP contribution is -2.36. The smallest absolute Gasteiger partial charge is 0.326 e. The van der Waals surface area contributed by atoms with Crippen molar-refractivity contribution in [2.75, 3.05) is 25.6 Å². The standard InChI is InChI=1S/C21H24N2O6/c1-4-28-18-12-8-6-10-16(18)23-20(25)14(2)29-19(24)13-22-21(26)15-9-5-7-11-17(15)27-3/h5-12,14H,4,13H2,1-3H3,(H,22,26)(H,23,25)/t14-/m1/s1. The van der Waals surface area contributed by atoms with Gasteiger partial charge in [0.2, 0.25) is 0 Å². The van der Waals surface area contributed by atoms with Gasteiger partial charge in [0.15, 0.2) is 6.10 Å². The SMILES string of the molecule is CCOc1ccccc1NC(=O)[C@@H](C)OC(=O)CNC(=O)c1ccccc1OC. The molecule has 0 unspecified atom stereocenters. The molecule has 0 spiro atoms. The third-order valence-electron chi connectivity index (χ3n) is 3.87. The number of esters is 1. The van der Waals surface area contributed by atoms with Gasteiger partial charge >= 0.3 is 5.97 Å². The number of hydrogen-bond acceptors (Lipinski definition) is 6. The van der Waals surface area contributed by atoms with Gasteiger partial charge in [0.05, 0.1) is 25.0 Å². The van der Waals surface area contributed by atoms with Crippen LogP contribution in [0.3, 0.4) is 0 Å². The highest BCUT2D eigenvalue weighted by Crippen LogP contribution is 2.24. The highest BCUT2D eigenvalue weighted by Gasteiger charge is 2.20. The van der Waals surface area contributed by atoms with Crippen molar-refractivity contribution in [3.8, 4) is 11.5 Å². The predicted octanol–water partition coefficient (Wildman–Crippen LogP) is 2.39. The average molecular weight is 400 g/mol. The lowest BCUT2D eigenvalue weighted by atomic mass is 10.2. The van der Waals surface area contributed by atoms with Crippen LogP contribution < -0.4 is 20.1 Å². The molecular weight excluding hydrogens is 376 g/mol. The van der Waals surface area contributed by atoms with E-state index < -0.39 is 23.9 Å². The Hall–Kier alpha value is -3.55. The van der Waals surface area contributed by atoms with Crippen LogP contribution in [0.4, 0.5) is 5.69 Å². The molecule has 0 radical (unpaired) electrons. The van der Waals surface area contributed by atoms with Crippen LogP contribution in [0.2, 0.25) is 0 Å². The maximum Gasteiger partial charge on any atom is 0.326 e. The number of rotatable bonds is 9. The molecule has 0 aliphatic carbocycles. The second kappa shape index (κ2) is 10.7. The fourth-order valence-electron chi connectivity index (χ4n) is 2.46. The summed E-state index contributed by atoms with van der Waals surface area (Å²) in [6, 6.07) is 13.6. The first-order valence-electron chi connectivity index (χ1n) is 9.09. The molecule has 0 aliphatic rings. The number of para-hydroxylation sites is 3. The van der Waals surface area contributed by atoms with Gasteiger partial charge in [0.1, 0.15) is 18.0 Å². The van der Waals surface area contributed by atoms with Gasteiger partial charge in [-0.15, -0.1) is 0 Å². The summed E-state index contributed by atoms with van der Waals surface area (Å²) < 4.78 is 15.6. The van der Waals surface area contributed by atoms with E-state index in [-0.39, 0.29) is 6.54 Å². The average Bonchev–Trinajstić information content (AvgIpc) is 2.73. The minimum Gasteiger partial charge on any atom is -0.496 e. The summed E-state index contributed by atoms with van der Waals surface area (Å²) in [6.07, 6.45) is -1.06. The fourth-order valence-corrected chi connectivity index (χ4v) is 2.46. The summed E-state index contributed by atoms with van der Waals surface area (Å²) >= 11 is 0. The summed E-state index contributed by atoms with van der Waals surface area (Å²) in [6.45, 7) is 3.34. The number of anilines is 1. The van der Waals surface area contributed by atoms with Gasteiger partial charge in [-0.05, 0) is 38.1 Å². The van der Waals surface area contributed by atoms with Crippen molar-refractivity contribution in [2.24, 2.45) is 0 Å². The van der Waals surface area contributed by atoms with Crippen LogP contribution in [-0.2, 0) is 14.3 Å². The molecule has 154 valence electrons. The zero-order valence-electron chi connectivity index (χ0n) is 16.6. The van der Waals surface area contributed by atoms with Crippen molar-refractivity contribution >= 4 is 23.5 Å². The Morgan fingerprint density at radius 1 is 1.00 bits per heavy atom. The predicted molar refractivity (Wildman–Crippen MR) is 107 cm³/mol. The molecule has 0 bridgehead atoms. The number of methoxy groups -OCH3 is 1. The third-order valence-corrected chi connectivity index (χ3v) is 3.87. The summed E-state index contributed by atoms with van der Waals surface area (Å²) in [5, 5.41) is 5.11. The van der Waals surface area contributed by atoms with Crippen LogP contribution in [0.1, 0.15) is 24.2 Å². The first-order valence-corrected chi connectivity index (χ1v) is 9.09. The Labute approximate surface area is 169 Å². The molecule has 2 aromatic rings. The van der Waals surface area contributed by atoms with Gasteiger partial charge in [-0.2, -0.15) is 0 Å². The van der Waals surface area contributed by atoms with Crippen molar-refractivity contribution in [1.82, 2.24) is 5.32 Å². The molecule has 0 saturated carbocycles. The van der Waals surface area contributed by atoms with Crippen LogP contribution in [-0.4, -0.2) is 44.1 Å². The highest BCUT2D eigenvalue weighted by atomic mass is 16.5. The van der Waals surface area contributed by atoms with Crippen LogP contribution in [0.25, 0.3) is 0 Å². The molecule has 2 N–H and O–H groups in total. The van der Waals surface area contributed by atoms with Crippen molar-refractivity contribution in [3.05, 3.63) is 54.1 Å². The van der Waals surface area contributed by atoms with Crippen LogP contribution in [0.5, 0.6) is 11.5 Å². The van der Waals surface area contributed by atoms with Crippen molar-refractivity contribution < 1.29 is 28.6 Å². The lowest BCUT2D eigenvalue weighted by Gasteiger charge is -2.16. The fraction of sp³-hybridized carbons (Fsp3) is 0.286. The number of amides is 2. The number of benzene rings is 2. The normalized spacial score (nSPS) is 11.1. The largest absolute Gasteiger partial charge is 0.496 e. The van der Waals surface area contributed by atoms with Crippen molar-refractivity contribution in [1.29, 1.82) is 0 Å². The van der Waals surface area contributed by atoms with E-state index in [1.807, 2.05) is 6.92 Å². The number of hydrogen-bond donors (Lipinski definition) is 2. The van der Waals surface area contributed by atoms with E-state index in [1.165, 1.54) is 14.0 Å². The molecule has 0 aromatic heterocycles. The monoisotopic (exact) mass is 400 g/mol. The van der Waals surface area contributed by atoms with Gasteiger partial charge in [-0.25, -0.2) is 0 Å². The van der Waals surface area contributed by atoms with E-state index in [9.17, 15) is 14.4 Å². The van der Waals surface area contributed by atoms with Gasteiger partial charge in [-0.3, -0.25) is 14.4 Å². The number of nitrogens with one attached hydrogen (secondary N) is 2. The molecule has 2 amide bonds. The maximum absolute atomic E-state index is 12.3. The molecule has 0 heterocycles. The Kier molecular flexibility index (Phi) is 8.02. The minimum atomic E-state index is -1.06. The van der Waals surface area contributed by atoms with Crippen LogP contribution in [0, 0.1) is 0 Å². The van der Waals surface area contributed by atoms with Gasteiger partial charge in [0, 0.05) is 0 Å². The number of carbonyl (C=O) groups is 3. The highest BCUT2D eigenvalue weighted by molar-refractivity contribution is 5.99. The molecule has 29 heavy (non-hydrogen) atoms.